The van der Waals surface area contributed by atoms with E-state index in [0.29, 0.717) is 31.2 Å². The third kappa shape index (κ3) is 8.59. The van der Waals surface area contributed by atoms with Crippen molar-refractivity contribution in [2.45, 2.75) is 45.5 Å². The second kappa shape index (κ2) is 13.7. The second-order valence-corrected chi connectivity index (χ2v) is 10.3. The number of benzene rings is 3. The van der Waals surface area contributed by atoms with E-state index < -0.39 is 6.04 Å². The van der Waals surface area contributed by atoms with Crippen molar-refractivity contribution >= 4 is 23.6 Å². The summed E-state index contributed by atoms with van der Waals surface area (Å²) in [7, 11) is 0. The van der Waals surface area contributed by atoms with Crippen LogP contribution in [0.1, 0.15) is 36.1 Å². The van der Waals surface area contributed by atoms with Gasteiger partial charge in [0.15, 0.2) is 0 Å². The molecule has 184 valence electrons. The number of aryl methyl sites for hydroxylation is 1. The SMILES string of the molecule is Cc1ccccc1CN(C(=O)CSCc1ccccc1)C(Cc1ccccc1)C(=O)NCC(C)C. The zero-order valence-electron chi connectivity index (χ0n) is 20.9. The molecule has 3 rings (SSSR count). The van der Waals surface area contributed by atoms with Crippen LogP contribution >= 0.6 is 11.8 Å². The first-order valence-corrected chi connectivity index (χ1v) is 13.4. The number of carbonyl (C=O) groups is 2. The first kappa shape index (κ1) is 26.6. The molecule has 1 unspecified atom stereocenters. The quantitative estimate of drug-likeness (QED) is 0.359. The van der Waals surface area contributed by atoms with E-state index in [1.165, 1.54) is 5.56 Å². The fraction of sp³-hybridized carbons (Fsp3) is 0.333. The average Bonchev–Trinajstić information content (AvgIpc) is 2.87. The van der Waals surface area contributed by atoms with Gasteiger partial charge in [-0.25, -0.2) is 0 Å². The lowest BCUT2D eigenvalue weighted by molar-refractivity contribution is -0.139. The Morgan fingerprint density at radius 2 is 1.46 bits per heavy atom. The molecule has 3 aromatic rings. The van der Waals surface area contributed by atoms with E-state index in [4.69, 9.17) is 0 Å². The maximum Gasteiger partial charge on any atom is 0.243 e. The Hall–Kier alpha value is -3.05. The molecular weight excluding hydrogens is 452 g/mol. The molecule has 35 heavy (non-hydrogen) atoms. The van der Waals surface area contributed by atoms with Gasteiger partial charge in [-0.05, 0) is 35.1 Å². The Morgan fingerprint density at radius 3 is 2.09 bits per heavy atom. The number of hydrogen-bond acceptors (Lipinski definition) is 3. The summed E-state index contributed by atoms with van der Waals surface area (Å²) in [4.78, 5) is 28.9. The van der Waals surface area contributed by atoms with Crippen LogP contribution in [0.2, 0.25) is 0 Å². The Morgan fingerprint density at radius 1 is 0.857 bits per heavy atom. The number of thioether (sulfide) groups is 1. The highest BCUT2D eigenvalue weighted by atomic mass is 32.2. The van der Waals surface area contributed by atoms with Crippen molar-refractivity contribution in [2.75, 3.05) is 12.3 Å². The Balaban J connectivity index is 1.85. The number of nitrogens with one attached hydrogen (secondary N) is 1. The summed E-state index contributed by atoms with van der Waals surface area (Å²) in [5.41, 5.74) is 4.40. The first-order valence-electron chi connectivity index (χ1n) is 12.2. The zero-order chi connectivity index (χ0) is 25.0. The smallest absolute Gasteiger partial charge is 0.243 e. The standard InChI is InChI=1S/C30H36N2O2S/c1-23(2)19-31-30(34)28(18-25-13-6-4-7-14-25)32(20-27-17-11-10-12-24(27)3)29(33)22-35-21-26-15-8-5-9-16-26/h4-17,23,28H,18-22H2,1-3H3,(H,31,34). The van der Waals surface area contributed by atoms with Gasteiger partial charge in [0.25, 0.3) is 0 Å². The molecule has 0 aliphatic carbocycles. The molecule has 1 N–H and O–H groups in total. The van der Waals surface area contributed by atoms with Gasteiger partial charge in [0.05, 0.1) is 5.75 Å². The van der Waals surface area contributed by atoms with Gasteiger partial charge in [-0.15, -0.1) is 11.8 Å². The van der Waals surface area contributed by atoms with Crippen molar-refractivity contribution in [1.29, 1.82) is 0 Å². The highest BCUT2D eigenvalue weighted by Gasteiger charge is 2.30. The monoisotopic (exact) mass is 488 g/mol. The Kier molecular flexibility index (Phi) is 10.4. The lowest BCUT2D eigenvalue weighted by Crippen LogP contribution is -2.51. The highest BCUT2D eigenvalue weighted by Crippen LogP contribution is 2.20. The average molecular weight is 489 g/mol. The minimum atomic E-state index is -0.583. The minimum Gasteiger partial charge on any atom is -0.354 e. The van der Waals surface area contributed by atoms with Crippen LogP contribution in [-0.4, -0.2) is 35.1 Å². The molecule has 0 bridgehead atoms. The maximum absolute atomic E-state index is 13.6. The molecule has 1 atom stereocenters. The summed E-state index contributed by atoms with van der Waals surface area (Å²) in [5, 5.41) is 3.08. The summed E-state index contributed by atoms with van der Waals surface area (Å²) < 4.78 is 0. The predicted octanol–water partition coefficient (Wildman–Crippen LogP) is 5.64. The predicted molar refractivity (Wildman–Crippen MR) is 146 cm³/mol. The lowest BCUT2D eigenvalue weighted by Gasteiger charge is -2.32. The van der Waals surface area contributed by atoms with E-state index in [0.717, 1.165) is 22.4 Å². The minimum absolute atomic E-state index is 0.0187. The second-order valence-electron chi connectivity index (χ2n) is 9.27. The molecule has 3 aromatic carbocycles. The fourth-order valence-corrected chi connectivity index (χ4v) is 4.73. The Labute approximate surface area is 214 Å². The Bertz CT molecular complexity index is 1070. The lowest BCUT2D eigenvalue weighted by atomic mass is 10.0. The highest BCUT2D eigenvalue weighted by molar-refractivity contribution is 7.99. The molecule has 0 radical (unpaired) electrons. The van der Waals surface area contributed by atoms with Crippen LogP contribution in [0, 0.1) is 12.8 Å². The van der Waals surface area contributed by atoms with Crippen LogP contribution in [0.25, 0.3) is 0 Å². The van der Waals surface area contributed by atoms with Crippen molar-refractivity contribution in [1.82, 2.24) is 10.2 Å². The van der Waals surface area contributed by atoms with Gasteiger partial charge >= 0.3 is 0 Å². The number of hydrogen-bond donors (Lipinski definition) is 1. The molecule has 2 amide bonds. The summed E-state index contributed by atoms with van der Waals surface area (Å²) in [5.74, 6) is 1.29. The molecule has 0 spiro atoms. The van der Waals surface area contributed by atoms with Crippen LogP contribution in [0.5, 0.6) is 0 Å². The summed E-state index contributed by atoms with van der Waals surface area (Å²) >= 11 is 1.59. The van der Waals surface area contributed by atoms with Crippen molar-refractivity contribution in [3.63, 3.8) is 0 Å². The molecular formula is C30H36N2O2S. The maximum atomic E-state index is 13.6. The molecule has 5 heteroatoms. The van der Waals surface area contributed by atoms with Gasteiger partial charge in [-0.1, -0.05) is 98.8 Å². The summed E-state index contributed by atoms with van der Waals surface area (Å²) in [6.45, 7) is 7.18. The van der Waals surface area contributed by atoms with Crippen LogP contribution in [0.3, 0.4) is 0 Å². The van der Waals surface area contributed by atoms with Crippen molar-refractivity contribution in [3.05, 3.63) is 107 Å². The molecule has 0 aliphatic rings. The van der Waals surface area contributed by atoms with Gasteiger partial charge in [-0.3, -0.25) is 9.59 Å². The number of carbonyl (C=O) groups excluding carboxylic acids is 2. The molecule has 4 nitrogen and oxygen atoms in total. The van der Waals surface area contributed by atoms with E-state index in [1.807, 2.05) is 79.7 Å². The van der Waals surface area contributed by atoms with E-state index in [1.54, 1.807) is 16.7 Å². The fourth-order valence-electron chi connectivity index (χ4n) is 3.86. The van der Waals surface area contributed by atoms with Gasteiger partial charge < -0.3 is 10.2 Å². The van der Waals surface area contributed by atoms with Gasteiger partial charge in [0, 0.05) is 25.3 Å². The van der Waals surface area contributed by atoms with E-state index in [2.05, 4.69) is 31.3 Å². The van der Waals surface area contributed by atoms with E-state index in [9.17, 15) is 9.59 Å². The number of rotatable bonds is 12. The summed E-state index contributed by atoms with van der Waals surface area (Å²) in [6.07, 6.45) is 0.478. The third-order valence-corrected chi connectivity index (χ3v) is 6.88. The van der Waals surface area contributed by atoms with Crippen molar-refractivity contribution in [3.8, 4) is 0 Å². The van der Waals surface area contributed by atoms with Gasteiger partial charge in [0.2, 0.25) is 11.8 Å². The molecule has 0 saturated carbocycles. The van der Waals surface area contributed by atoms with Crippen LogP contribution in [0.15, 0.2) is 84.9 Å². The number of nitrogens with zero attached hydrogens (tertiary/aromatic N) is 1. The largest absolute Gasteiger partial charge is 0.354 e. The topological polar surface area (TPSA) is 49.4 Å². The molecule has 0 fully saturated rings. The molecule has 0 heterocycles. The van der Waals surface area contributed by atoms with Gasteiger partial charge in [-0.2, -0.15) is 0 Å². The molecule has 0 saturated heterocycles. The normalized spacial score (nSPS) is 11.8. The van der Waals surface area contributed by atoms with Crippen LogP contribution in [-0.2, 0) is 28.3 Å². The first-order chi connectivity index (χ1) is 16.9. The summed E-state index contributed by atoms with van der Waals surface area (Å²) in [6, 6.07) is 27.6. The van der Waals surface area contributed by atoms with Crippen molar-refractivity contribution in [2.24, 2.45) is 5.92 Å². The van der Waals surface area contributed by atoms with E-state index >= 15 is 0 Å². The zero-order valence-corrected chi connectivity index (χ0v) is 21.8. The van der Waals surface area contributed by atoms with Crippen LogP contribution in [0.4, 0.5) is 0 Å². The van der Waals surface area contributed by atoms with Gasteiger partial charge in [0.1, 0.15) is 6.04 Å². The molecule has 0 aliphatic heterocycles. The van der Waals surface area contributed by atoms with Crippen LogP contribution < -0.4 is 5.32 Å². The molecule has 0 aromatic heterocycles. The third-order valence-electron chi connectivity index (χ3n) is 5.89. The number of amides is 2. The van der Waals surface area contributed by atoms with E-state index in [-0.39, 0.29) is 11.8 Å². The van der Waals surface area contributed by atoms with Crippen molar-refractivity contribution < 1.29 is 9.59 Å².